The van der Waals surface area contributed by atoms with Crippen LogP contribution < -0.4 is 15.4 Å². The summed E-state index contributed by atoms with van der Waals surface area (Å²) in [5, 5.41) is 6.88. The zero-order valence-electron chi connectivity index (χ0n) is 17.1. The topological polar surface area (TPSA) is 39.8 Å². The minimum atomic E-state index is 0.504. The van der Waals surface area contributed by atoms with Gasteiger partial charge in [0.15, 0.2) is 0 Å². The zero-order valence-corrected chi connectivity index (χ0v) is 17.1. The molecular weight excluding hydrogens is 324 g/mol. The minimum absolute atomic E-state index is 0.504. The summed E-state index contributed by atoms with van der Waals surface area (Å²) >= 11 is 0. The molecule has 26 heavy (non-hydrogen) atoms. The van der Waals surface area contributed by atoms with Gasteiger partial charge in [0, 0.05) is 64.4 Å². The molecule has 148 valence electrons. The monoisotopic (exact) mass is 362 g/mol. The van der Waals surface area contributed by atoms with Crippen molar-refractivity contribution in [2.75, 3.05) is 52.4 Å². The zero-order chi connectivity index (χ0) is 18.8. The Morgan fingerprint density at radius 2 is 1.58 bits per heavy atom. The number of benzene rings is 1. The summed E-state index contributed by atoms with van der Waals surface area (Å²) in [7, 11) is 0. The molecule has 0 aromatic heterocycles. The highest BCUT2D eigenvalue weighted by molar-refractivity contribution is 5.28. The molecule has 0 spiro atoms. The predicted molar refractivity (Wildman–Crippen MR) is 110 cm³/mol. The van der Waals surface area contributed by atoms with Crippen LogP contribution in [0.25, 0.3) is 0 Å². The first kappa shape index (κ1) is 21.2. The van der Waals surface area contributed by atoms with E-state index in [9.17, 15) is 0 Å². The van der Waals surface area contributed by atoms with E-state index >= 15 is 0 Å². The lowest BCUT2D eigenvalue weighted by molar-refractivity contribution is 0.127. The molecule has 1 heterocycles. The average Bonchev–Trinajstić information content (AvgIpc) is 2.60. The van der Waals surface area contributed by atoms with Crippen molar-refractivity contribution in [3.05, 3.63) is 29.8 Å². The highest BCUT2D eigenvalue weighted by Gasteiger charge is 2.16. The van der Waals surface area contributed by atoms with E-state index < -0.39 is 0 Å². The number of hydrogen-bond donors (Lipinski definition) is 2. The Labute approximate surface area is 160 Å². The molecule has 2 rings (SSSR count). The molecule has 0 saturated carbocycles. The second kappa shape index (κ2) is 11.5. The summed E-state index contributed by atoms with van der Waals surface area (Å²) in [4.78, 5) is 5.11. The van der Waals surface area contributed by atoms with Crippen molar-refractivity contribution in [2.24, 2.45) is 0 Å². The Bertz CT molecular complexity index is 499. The number of piperazine rings is 1. The highest BCUT2D eigenvalue weighted by atomic mass is 16.5. The smallest absolute Gasteiger partial charge is 0.119 e. The molecule has 1 saturated heterocycles. The lowest BCUT2D eigenvalue weighted by Gasteiger charge is -2.35. The Balaban J connectivity index is 1.68. The van der Waals surface area contributed by atoms with E-state index in [1.165, 1.54) is 5.56 Å². The van der Waals surface area contributed by atoms with Gasteiger partial charge in [-0.05, 0) is 17.7 Å². The molecular formula is C21H38N4O. The van der Waals surface area contributed by atoms with E-state index in [0.717, 1.165) is 58.1 Å². The molecule has 0 unspecified atom stereocenters. The third kappa shape index (κ3) is 8.49. The van der Waals surface area contributed by atoms with Gasteiger partial charge in [0.2, 0.25) is 0 Å². The van der Waals surface area contributed by atoms with Crippen molar-refractivity contribution in [2.45, 2.75) is 46.3 Å². The SMILES string of the molecule is CC(C)NCCOc1cccc(CN2CCN(CCNC(C)C)CC2)c1. The summed E-state index contributed by atoms with van der Waals surface area (Å²) < 4.78 is 5.87. The van der Waals surface area contributed by atoms with Gasteiger partial charge in [-0.25, -0.2) is 0 Å². The molecule has 1 fully saturated rings. The lowest BCUT2D eigenvalue weighted by atomic mass is 10.2. The van der Waals surface area contributed by atoms with Crippen LogP contribution in [0.2, 0.25) is 0 Å². The Morgan fingerprint density at radius 3 is 2.27 bits per heavy atom. The van der Waals surface area contributed by atoms with Gasteiger partial charge in [-0.2, -0.15) is 0 Å². The molecule has 1 aromatic carbocycles. The molecule has 5 nitrogen and oxygen atoms in total. The van der Waals surface area contributed by atoms with Gasteiger partial charge in [0.25, 0.3) is 0 Å². The van der Waals surface area contributed by atoms with Gasteiger partial charge >= 0.3 is 0 Å². The number of rotatable bonds is 11. The fraction of sp³-hybridized carbons (Fsp3) is 0.714. The maximum atomic E-state index is 5.87. The van der Waals surface area contributed by atoms with Crippen molar-refractivity contribution >= 4 is 0 Å². The summed E-state index contributed by atoms with van der Waals surface area (Å²) in [6.45, 7) is 18.2. The van der Waals surface area contributed by atoms with Crippen LogP contribution in [0.5, 0.6) is 5.75 Å². The number of hydrogen-bond acceptors (Lipinski definition) is 5. The molecule has 1 aliphatic rings. The number of nitrogens with one attached hydrogen (secondary N) is 2. The first-order valence-corrected chi connectivity index (χ1v) is 10.2. The summed E-state index contributed by atoms with van der Waals surface area (Å²) in [6.07, 6.45) is 0. The molecule has 0 atom stereocenters. The van der Waals surface area contributed by atoms with Crippen LogP contribution in [0.1, 0.15) is 33.3 Å². The van der Waals surface area contributed by atoms with Gasteiger partial charge in [-0.1, -0.05) is 39.8 Å². The maximum Gasteiger partial charge on any atom is 0.119 e. The van der Waals surface area contributed by atoms with E-state index in [0.29, 0.717) is 18.7 Å². The summed E-state index contributed by atoms with van der Waals surface area (Å²) in [5.41, 5.74) is 1.34. The Hall–Kier alpha value is -1.14. The largest absolute Gasteiger partial charge is 0.492 e. The number of ether oxygens (including phenoxy) is 1. The molecule has 0 amide bonds. The van der Waals surface area contributed by atoms with E-state index in [-0.39, 0.29) is 0 Å². The normalized spacial score (nSPS) is 16.5. The lowest BCUT2D eigenvalue weighted by Crippen LogP contribution is -2.48. The average molecular weight is 363 g/mol. The van der Waals surface area contributed by atoms with E-state index in [4.69, 9.17) is 4.74 Å². The van der Waals surface area contributed by atoms with Crippen LogP contribution >= 0.6 is 0 Å². The summed E-state index contributed by atoms with van der Waals surface area (Å²) in [6, 6.07) is 9.64. The second-order valence-corrected chi connectivity index (χ2v) is 7.83. The fourth-order valence-corrected chi connectivity index (χ4v) is 3.19. The maximum absolute atomic E-state index is 5.87. The van der Waals surface area contributed by atoms with Gasteiger partial charge < -0.3 is 15.4 Å². The van der Waals surface area contributed by atoms with Gasteiger partial charge in [-0.3, -0.25) is 9.80 Å². The molecule has 1 aliphatic heterocycles. The molecule has 2 N–H and O–H groups in total. The van der Waals surface area contributed by atoms with Crippen molar-refractivity contribution in [1.29, 1.82) is 0 Å². The highest BCUT2D eigenvalue weighted by Crippen LogP contribution is 2.16. The van der Waals surface area contributed by atoms with E-state index in [2.05, 4.69) is 72.4 Å². The van der Waals surface area contributed by atoms with Crippen molar-refractivity contribution in [1.82, 2.24) is 20.4 Å². The van der Waals surface area contributed by atoms with E-state index in [1.54, 1.807) is 0 Å². The molecule has 5 heteroatoms. The fourth-order valence-electron chi connectivity index (χ4n) is 3.19. The van der Waals surface area contributed by atoms with Crippen molar-refractivity contribution < 1.29 is 4.74 Å². The third-order valence-electron chi connectivity index (χ3n) is 4.67. The molecule has 0 aliphatic carbocycles. The minimum Gasteiger partial charge on any atom is -0.492 e. The van der Waals surface area contributed by atoms with Crippen LogP contribution in [-0.4, -0.2) is 74.3 Å². The van der Waals surface area contributed by atoms with Crippen LogP contribution in [0, 0.1) is 0 Å². The van der Waals surface area contributed by atoms with Crippen LogP contribution in [-0.2, 0) is 6.54 Å². The number of nitrogens with zero attached hydrogens (tertiary/aromatic N) is 2. The third-order valence-corrected chi connectivity index (χ3v) is 4.67. The molecule has 0 bridgehead atoms. The Kier molecular flexibility index (Phi) is 9.40. The second-order valence-electron chi connectivity index (χ2n) is 7.83. The van der Waals surface area contributed by atoms with Gasteiger partial charge in [0.05, 0.1) is 0 Å². The first-order valence-electron chi connectivity index (χ1n) is 10.2. The van der Waals surface area contributed by atoms with Crippen LogP contribution in [0.3, 0.4) is 0 Å². The quantitative estimate of drug-likeness (QED) is 0.591. The van der Waals surface area contributed by atoms with Crippen molar-refractivity contribution in [3.8, 4) is 5.75 Å². The van der Waals surface area contributed by atoms with Crippen LogP contribution in [0.4, 0.5) is 0 Å². The van der Waals surface area contributed by atoms with Crippen molar-refractivity contribution in [3.63, 3.8) is 0 Å². The van der Waals surface area contributed by atoms with Crippen LogP contribution in [0.15, 0.2) is 24.3 Å². The van der Waals surface area contributed by atoms with E-state index in [1.807, 2.05) is 0 Å². The Morgan fingerprint density at radius 1 is 0.923 bits per heavy atom. The standard InChI is InChI=1S/C21H38N4O/c1-18(2)22-8-10-24-11-13-25(14-12-24)17-20-6-5-7-21(16-20)26-15-9-23-19(3)4/h5-7,16,18-19,22-23H,8-15,17H2,1-4H3. The van der Waals surface area contributed by atoms with Gasteiger partial charge in [0.1, 0.15) is 12.4 Å². The summed E-state index contributed by atoms with van der Waals surface area (Å²) in [5.74, 6) is 0.978. The van der Waals surface area contributed by atoms with Gasteiger partial charge in [-0.15, -0.1) is 0 Å². The predicted octanol–water partition coefficient (Wildman–Crippen LogP) is 2.18. The molecule has 0 radical (unpaired) electrons. The molecule has 1 aromatic rings. The first-order chi connectivity index (χ1) is 12.5.